The quantitative estimate of drug-likeness (QED) is 0.646. The number of aromatic nitrogens is 2. The van der Waals surface area contributed by atoms with E-state index in [-0.39, 0.29) is 0 Å². The molecular weight excluding hydrogens is 397 g/mol. The predicted molar refractivity (Wildman–Crippen MR) is 103 cm³/mol. The van der Waals surface area contributed by atoms with Gasteiger partial charge in [0.25, 0.3) is 0 Å². The number of amides is 2. The summed E-state index contributed by atoms with van der Waals surface area (Å²) in [5, 5.41) is 6.65. The maximum absolute atomic E-state index is 13.1. The van der Waals surface area contributed by atoms with Gasteiger partial charge in [0.05, 0.1) is 11.3 Å². The van der Waals surface area contributed by atoms with Crippen LogP contribution in [0.1, 0.15) is 39.9 Å². The van der Waals surface area contributed by atoms with Gasteiger partial charge in [-0.15, -0.1) is 0 Å². The summed E-state index contributed by atoms with van der Waals surface area (Å²) in [6.07, 6.45) is -2.22. The van der Waals surface area contributed by atoms with E-state index < -0.39 is 23.8 Å². The summed E-state index contributed by atoms with van der Waals surface area (Å²) in [7, 11) is 0. The summed E-state index contributed by atoms with van der Waals surface area (Å²) in [4.78, 5) is 19.1. The van der Waals surface area contributed by atoms with E-state index in [1.807, 2.05) is 12.1 Å². The number of nitrogens with one attached hydrogen (secondary N) is 1. The van der Waals surface area contributed by atoms with E-state index in [2.05, 4.69) is 15.5 Å². The highest BCUT2D eigenvalue weighted by Gasteiger charge is 2.35. The van der Waals surface area contributed by atoms with E-state index in [9.17, 15) is 18.0 Å². The first-order valence-corrected chi connectivity index (χ1v) is 9.37. The van der Waals surface area contributed by atoms with Crippen LogP contribution in [0.4, 0.5) is 23.7 Å². The number of pyridine rings is 1. The lowest BCUT2D eigenvalue weighted by molar-refractivity contribution is -0.137. The Balaban J connectivity index is 1.72. The Hall–Kier alpha value is -3.36. The topological polar surface area (TPSA) is 71.3 Å². The van der Waals surface area contributed by atoms with Crippen molar-refractivity contribution in [3.05, 3.63) is 76.4 Å². The molecule has 0 unspecified atom stereocenters. The molecule has 1 aromatic carbocycles. The second-order valence-corrected chi connectivity index (χ2v) is 7.14. The van der Waals surface area contributed by atoms with Gasteiger partial charge in [0.2, 0.25) is 0 Å². The van der Waals surface area contributed by atoms with Crippen molar-refractivity contribution in [1.29, 1.82) is 0 Å². The summed E-state index contributed by atoms with van der Waals surface area (Å²) in [6.45, 7) is 3.79. The van der Waals surface area contributed by atoms with E-state index in [1.165, 1.54) is 12.1 Å². The predicted octanol–water partition coefficient (Wildman–Crippen LogP) is 4.88. The van der Waals surface area contributed by atoms with E-state index in [4.69, 9.17) is 4.52 Å². The largest absolute Gasteiger partial charge is 0.416 e. The van der Waals surface area contributed by atoms with Crippen molar-refractivity contribution in [1.82, 2.24) is 15.0 Å². The normalized spacial score (nSPS) is 16.3. The molecular formula is C21H19F3N4O2. The van der Waals surface area contributed by atoms with Gasteiger partial charge in [-0.3, -0.25) is 4.98 Å². The Kier molecular flexibility index (Phi) is 4.97. The number of carbonyl (C=O) groups is 1. The maximum Gasteiger partial charge on any atom is 0.416 e. The molecule has 1 N–H and O–H groups in total. The molecule has 0 aliphatic carbocycles. The highest BCUT2D eigenvalue weighted by atomic mass is 19.4. The standard InChI is InChI=1S/C21H19F3N4O2/c1-12-17(13(2)30-27-12)26-20(29)28-11-9-14-4-3-10-25-18(14)19(28)15-5-7-16(8-6-15)21(22,23)24/h3-8,10,19H,9,11H2,1-2H3,(H,26,29)/t19-/m1/s1. The molecule has 9 heteroatoms. The number of nitrogens with zero attached hydrogens (tertiary/aromatic N) is 3. The fourth-order valence-corrected chi connectivity index (χ4v) is 3.68. The van der Waals surface area contributed by atoms with Crippen LogP contribution in [0.2, 0.25) is 0 Å². The number of fused-ring (bicyclic) bond motifs is 1. The number of alkyl halides is 3. The van der Waals surface area contributed by atoms with Gasteiger partial charge in [0.1, 0.15) is 17.4 Å². The third-order valence-corrected chi connectivity index (χ3v) is 5.20. The average molecular weight is 416 g/mol. The molecule has 0 bridgehead atoms. The second kappa shape index (κ2) is 7.47. The maximum atomic E-state index is 13.1. The Morgan fingerprint density at radius 2 is 1.93 bits per heavy atom. The minimum Gasteiger partial charge on any atom is -0.359 e. The number of hydrogen-bond acceptors (Lipinski definition) is 4. The van der Waals surface area contributed by atoms with Crippen LogP contribution in [0.15, 0.2) is 47.1 Å². The Morgan fingerprint density at radius 3 is 2.57 bits per heavy atom. The first kappa shape index (κ1) is 19.9. The van der Waals surface area contributed by atoms with E-state index in [1.54, 1.807) is 24.9 Å². The SMILES string of the molecule is Cc1noc(C)c1NC(=O)N1CCc2cccnc2[C@H]1c1ccc(C(F)(F)F)cc1. The zero-order chi connectivity index (χ0) is 21.5. The summed E-state index contributed by atoms with van der Waals surface area (Å²) in [5.41, 5.74) is 2.45. The Labute approximate surface area is 170 Å². The zero-order valence-electron chi connectivity index (χ0n) is 16.3. The van der Waals surface area contributed by atoms with Crippen LogP contribution < -0.4 is 5.32 Å². The van der Waals surface area contributed by atoms with Crippen LogP contribution in [-0.2, 0) is 12.6 Å². The lowest BCUT2D eigenvalue weighted by Crippen LogP contribution is -2.43. The molecule has 1 atom stereocenters. The highest BCUT2D eigenvalue weighted by molar-refractivity contribution is 5.91. The molecule has 156 valence electrons. The summed E-state index contributed by atoms with van der Waals surface area (Å²) in [5.74, 6) is 0.475. The first-order valence-electron chi connectivity index (χ1n) is 9.37. The molecule has 0 fully saturated rings. The molecule has 3 heterocycles. The lowest BCUT2D eigenvalue weighted by atomic mass is 9.92. The van der Waals surface area contributed by atoms with Crippen molar-refractivity contribution < 1.29 is 22.5 Å². The van der Waals surface area contributed by atoms with Crippen molar-refractivity contribution in [2.45, 2.75) is 32.5 Å². The summed E-state index contributed by atoms with van der Waals surface area (Å²) >= 11 is 0. The number of rotatable bonds is 2. The van der Waals surface area contributed by atoms with Crippen molar-refractivity contribution in [2.24, 2.45) is 0 Å². The van der Waals surface area contributed by atoms with Crippen molar-refractivity contribution in [3.8, 4) is 0 Å². The number of urea groups is 1. The fraction of sp³-hybridized carbons (Fsp3) is 0.286. The minimum atomic E-state index is -4.43. The number of halogens is 3. The van der Waals surface area contributed by atoms with Crippen molar-refractivity contribution >= 4 is 11.7 Å². The van der Waals surface area contributed by atoms with Gasteiger partial charge < -0.3 is 14.7 Å². The van der Waals surface area contributed by atoms with Crippen LogP contribution in [-0.4, -0.2) is 27.6 Å². The summed E-state index contributed by atoms with van der Waals surface area (Å²) in [6, 6.07) is 7.56. The average Bonchev–Trinajstić information content (AvgIpc) is 3.04. The van der Waals surface area contributed by atoms with E-state index in [0.29, 0.717) is 41.4 Å². The molecule has 1 aliphatic heterocycles. The summed E-state index contributed by atoms with van der Waals surface area (Å²) < 4.78 is 44.1. The number of aryl methyl sites for hydroxylation is 2. The molecule has 0 saturated heterocycles. The van der Waals surface area contributed by atoms with Crippen LogP contribution in [0.25, 0.3) is 0 Å². The van der Waals surface area contributed by atoms with Crippen molar-refractivity contribution in [3.63, 3.8) is 0 Å². The molecule has 3 aromatic rings. The Bertz CT molecular complexity index is 1060. The van der Waals surface area contributed by atoms with Gasteiger partial charge in [-0.1, -0.05) is 23.4 Å². The second-order valence-electron chi connectivity index (χ2n) is 7.14. The van der Waals surface area contributed by atoms with Gasteiger partial charge >= 0.3 is 12.2 Å². The van der Waals surface area contributed by atoms with Crippen LogP contribution in [0.5, 0.6) is 0 Å². The highest BCUT2D eigenvalue weighted by Crippen LogP contribution is 2.36. The molecule has 30 heavy (non-hydrogen) atoms. The number of benzene rings is 1. The minimum absolute atomic E-state index is 0.388. The van der Waals surface area contributed by atoms with Gasteiger partial charge in [-0.05, 0) is 49.6 Å². The number of carbonyl (C=O) groups excluding carboxylic acids is 1. The van der Waals surface area contributed by atoms with E-state index in [0.717, 1.165) is 17.7 Å². The Morgan fingerprint density at radius 1 is 1.20 bits per heavy atom. The molecule has 6 nitrogen and oxygen atoms in total. The smallest absolute Gasteiger partial charge is 0.359 e. The monoisotopic (exact) mass is 416 g/mol. The van der Waals surface area contributed by atoms with Gasteiger partial charge in [0.15, 0.2) is 5.76 Å². The number of hydrogen-bond donors (Lipinski definition) is 1. The molecule has 0 spiro atoms. The third-order valence-electron chi connectivity index (χ3n) is 5.20. The molecule has 0 radical (unpaired) electrons. The fourth-order valence-electron chi connectivity index (χ4n) is 3.68. The molecule has 2 aromatic heterocycles. The number of anilines is 1. The van der Waals surface area contributed by atoms with E-state index >= 15 is 0 Å². The van der Waals surface area contributed by atoms with Crippen molar-refractivity contribution in [2.75, 3.05) is 11.9 Å². The molecule has 4 rings (SSSR count). The van der Waals surface area contributed by atoms with Gasteiger partial charge in [-0.25, -0.2) is 4.79 Å². The molecule has 1 aliphatic rings. The van der Waals surface area contributed by atoms with Gasteiger partial charge in [0, 0.05) is 12.7 Å². The lowest BCUT2D eigenvalue weighted by Gasteiger charge is -2.36. The molecule has 2 amide bonds. The zero-order valence-corrected chi connectivity index (χ0v) is 16.3. The third kappa shape index (κ3) is 3.62. The molecule has 0 saturated carbocycles. The van der Waals surface area contributed by atoms with Gasteiger partial charge in [-0.2, -0.15) is 13.2 Å². The first-order chi connectivity index (χ1) is 14.3. The van der Waals surface area contributed by atoms with Crippen LogP contribution in [0.3, 0.4) is 0 Å². The van der Waals surface area contributed by atoms with Crippen LogP contribution in [0, 0.1) is 13.8 Å². The van der Waals surface area contributed by atoms with Crippen LogP contribution >= 0.6 is 0 Å².